The molecular weight excluding hydrogens is 258 g/mol. The van der Waals surface area contributed by atoms with E-state index in [0.717, 1.165) is 44.6 Å². The summed E-state index contributed by atoms with van der Waals surface area (Å²) in [6.45, 7) is 7.37. The molecule has 5 heteroatoms. The predicted octanol–water partition coefficient (Wildman–Crippen LogP) is 1.50. The van der Waals surface area contributed by atoms with E-state index in [1.807, 2.05) is 0 Å². The molecule has 1 aliphatic rings. The molecule has 0 saturated heterocycles. The fourth-order valence-electron chi connectivity index (χ4n) is 2.64. The van der Waals surface area contributed by atoms with E-state index in [1.54, 1.807) is 6.26 Å². The van der Waals surface area contributed by atoms with Crippen molar-refractivity contribution in [2.45, 2.75) is 46.2 Å². The van der Waals surface area contributed by atoms with Gasteiger partial charge >= 0.3 is 0 Å². The van der Waals surface area contributed by atoms with Gasteiger partial charge in [-0.15, -0.1) is 0 Å². The van der Waals surface area contributed by atoms with Crippen molar-refractivity contribution in [3.63, 3.8) is 0 Å². The van der Waals surface area contributed by atoms with E-state index < -0.39 is 10.8 Å². The van der Waals surface area contributed by atoms with Crippen molar-refractivity contribution in [2.75, 3.05) is 18.6 Å². The van der Waals surface area contributed by atoms with Crippen LogP contribution in [0.1, 0.15) is 37.5 Å². The highest BCUT2D eigenvalue weighted by Gasteiger charge is 2.19. The van der Waals surface area contributed by atoms with Gasteiger partial charge in [0.2, 0.25) is 0 Å². The number of rotatable bonds is 6. The van der Waals surface area contributed by atoms with Crippen LogP contribution in [0.3, 0.4) is 0 Å². The van der Waals surface area contributed by atoms with Crippen molar-refractivity contribution in [1.82, 2.24) is 14.9 Å². The highest BCUT2D eigenvalue weighted by molar-refractivity contribution is 7.84. The summed E-state index contributed by atoms with van der Waals surface area (Å²) in [6.07, 6.45) is 4.85. The van der Waals surface area contributed by atoms with E-state index in [1.165, 1.54) is 17.2 Å². The first kappa shape index (κ1) is 14.7. The first-order valence-corrected chi connectivity index (χ1v) is 8.88. The molecule has 0 bridgehead atoms. The quantitative estimate of drug-likeness (QED) is 0.860. The number of aromatic nitrogens is 2. The van der Waals surface area contributed by atoms with E-state index >= 15 is 0 Å². The Hall–Kier alpha value is -0.680. The average molecular weight is 283 g/mol. The third kappa shape index (κ3) is 3.89. The number of hydrogen-bond donors (Lipinski definition) is 1. The Morgan fingerprint density at radius 3 is 2.95 bits per heavy atom. The monoisotopic (exact) mass is 283 g/mol. The lowest BCUT2D eigenvalue weighted by Gasteiger charge is -2.16. The van der Waals surface area contributed by atoms with Crippen molar-refractivity contribution in [2.24, 2.45) is 5.92 Å². The smallest absolute Gasteiger partial charge is 0.109 e. The van der Waals surface area contributed by atoms with E-state index in [0.29, 0.717) is 5.92 Å². The Balaban J connectivity index is 2.16. The summed E-state index contributed by atoms with van der Waals surface area (Å²) in [4.78, 5) is 4.81. The zero-order valence-electron chi connectivity index (χ0n) is 12.2. The summed E-state index contributed by atoms with van der Waals surface area (Å²) in [5, 5.41) is 3.38. The standard InChI is InChI=1S/C14H25N3OS/c1-11(2)9-14-16-12-10-15-6-5-13(12)17(14)7-4-8-19(3)18/h11,15H,4-10H2,1-3H3. The largest absolute Gasteiger partial charge is 0.332 e. The molecule has 1 aromatic heterocycles. The van der Waals surface area contributed by atoms with Gasteiger partial charge in [0.15, 0.2) is 0 Å². The number of nitrogens with one attached hydrogen (secondary N) is 1. The average Bonchev–Trinajstić information content (AvgIpc) is 2.66. The van der Waals surface area contributed by atoms with Crippen LogP contribution in [0.2, 0.25) is 0 Å². The molecule has 1 aliphatic heterocycles. The number of imidazole rings is 1. The summed E-state index contributed by atoms with van der Waals surface area (Å²) in [6, 6.07) is 0. The maximum absolute atomic E-state index is 11.2. The Bertz CT molecular complexity index is 454. The second-order valence-electron chi connectivity index (χ2n) is 5.73. The first-order valence-electron chi connectivity index (χ1n) is 7.15. The van der Waals surface area contributed by atoms with Crippen LogP contribution in [-0.2, 0) is 36.7 Å². The lowest BCUT2D eigenvalue weighted by atomic mass is 10.1. The molecule has 0 fully saturated rings. The van der Waals surface area contributed by atoms with Gasteiger partial charge in [0.1, 0.15) is 5.82 Å². The van der Waals surface area contributed by atoms with Crippen LogP contribution in [0.4, 0.5) is 0 Å². The molecule has 0 aromatic carbocycles. The summed E-state index contributed by atoms with van der Waals surface area (Å²) < 4.78 is 13.6. The van der Waals surface area contributed by atoms with Crippen LogP contribution in [0.25, 0.3) is 0 Å². The van der Waals surface area contributed by atoms with Gasteiger partial charge in [-0.3, -0.25) is 4.21 Å². The third-order valence-electron chi connectivity index (χ3n) is 3.47. The maximum Gasteiger partial charge on any atom is 0.109 e. The fourth-order valence-corrected chi connectivity index (χ4v) is 3.17. The molecule has 1 N–H and O–H groups in total. The summed E-state index contributed by atoms with van der Waals surface area (Å²) in [5.74, 6) is 2.62. The van der Waals surface area contributed by atoms with Gasteiger partial charge in [-0.2, -0.15) is 0 Å². The minimum absolute atomic E-state index is 0.621. The van der Waals surface area contributed by atoms with Gasteiger partial charge in [0.25, 0.3) is 0 Å². The van der Waals surface area contributed by atoms with Gasteiger partial charge in [-0.05, 0) is 12.3 Å². The Morgan fingerprint density at radius 1 is 1.47 bits per heavy atom. The molecular formula is C14H25N3OS. The lowest BCUT2D eigenvalue weighted by Crippen LogP contribution is -2.25. The topological polar surface area (TPSA) is 46.9 Å². The van der Waals surface area contributed by atoms with Gasteiger partial charge in [-0.25, -0.2) is 4.98 Å². The van der Waals surface area contributed by atoms with E-state index in [4.69, 9.17) is 4.98 Å². The molecule has 2 heterocycles. The summed E-state index contributed by atoms with van der Waals surface area (Å²) in [5.41, 5.74) is 2.62. The van der Waals surface area contributed by atoms with E-state index in [-0.39, 0.29) is 0 Å². The van der Waals surface area contributed by atoms with Crippen molar-refractivity contribution >= 4 is 10.8 Å². The van der Waals surface area contributed by atoms with Crippen molar-refractivity contribution in [1.29, 1.82) is 0 Å². The van der Waals surface area contributed by atoms with E-state index in [9.17, 15) is 4.21 Å². The van der Waals surface area contributed by atoms with Crippen molar-refractivity contribution in [3.8, 4) is 0 Å². The van der Waals surface area contributed by atoms with Gasteiger partial charge in [0, 0.05) is 61.0 Å². The molecule has 0 amide bonds. The molecule has 1 atom stereocenters. The second-order valence-corrected chi connectivity index (χ2v) is 7.28. The minimum Gasteiger partial charge on any atom is -0.332 e. The second kappa shape index (κ2) is 6.66. The van der Waals surface area contributed by atoms with Crippen LogP contribution in [0, 0.1) is 5.92 Å². The van der Waals surface area contributed by atoms with Gasteiger partial charge in [-0.1, -0.05) is 13.8 Å². The maximum atomic E-state index is 11.2. The summed E-state index contributed by atoms with van der Waals surface area (Å²) in [7, 11) is -0.692. The molecule has 2 rings (SSSR count). The minimum atomic E-state index is -0.692. The molecule has 0 saturated carbocycles. The molecule has 1 unspecified atom stereocenters. The highest BCUT2D eigenvalue weighted by atomic mass is 32.2. The third-order valence-corrected chi connectivity index (χ3v) is 4.33. The normalized spacial score (nSPS) is 16.6. The Labute approximate surface area is 118 Å². The molecule has 4 nitrogen and oxygen atoms in total. The lowest BCUT2D eigenvalue weighted by molar-refractivity contribution is 0.544. The van der Waals surface area contributed by atoms with E-state index in [2.05, 4.69) is 23.7 Å². The molecule has 0 aliphatic carbocycles. The highest BCUT2D eigenvalue weighted by Crippen LogP contribution is 2.19. The fraction of sp³-hybridized carbons (Fsp3) is 0.786. The van der Waals surface area contributed by atoms with Crippen LogP contribution in [0.5, 0.6) is 0 Å². The van der Waals surface area contributed by atoms with Crippen molar-refractivity contribution < 1.29 is 4.21 Å². The Morgan fingerprint density at radius 2 is 2.26 bits per heavy atom. The number of fused-ring (bicyclic) bond motifs is 1. The van der Waals surface area contributed by atoms with Crippen LogP contribution in [0.15, 0.2) is 0 Å². The number of hydrogen-bond acceptors (Lipinski definition) is 3. The Kier molecular flexibility index (Phi) is 5.16. The van der Waals surface area contributed by atoms with Crippen LogP contribution in [-0.4, -0.2) is 32.3 Å². The van der Waals surface area contributed by atoms with Crippen LogP contribution >= 0.6 is 0 Å². The number of nitrogens with zero attached hydrogens (tertiary/aromatic N) is 2. The summed E-state index contributed by atoms with van der Waals surface area (Å²) >= 11 is 0. The van der Waals surface area contributed by atoms with Crippen LogP contribution < -0.4 is 5.32 Å². The molecule has 1 aromatic rings. The molecule has 19 heavy (non-hydrogen) atoms. The van der Waals surface area contributed by atoms with Crippen molar-refractivity contribution in [3.05, 3.63) is 17.2 Å². The SMILES string of the molecule is CC(C)Cc1nc2c(n1CCCS(C)=O)CCNC2. The molecule has 0 spiro atoms. The van der Waals surface area contributed by atoms with Gasteiger partial charge in [0.05, 0.1) is 5.69 Å². The first-order chi connectivity index (χ1) is 9.08. The molecule has 0 radical (unpaired) electrons. The predicted molar refractivity (Wildman–Crippen MR) is 79.7 cm³/mol. The zero-order chi connectivity index (χ0) is 13.8. The molecule has 108 valence electrons. The van der Waals surface area contributed by atoms with Gasteiger partial charge < -0.3 is 9.88 Å². The zero-order valence-corrected chi connectivity index (χ0v) is 13.1.